The smallest absolute Gasteiger partial charge is 0.317 e. The van der Waals surface area contributed by atoms with E-state index in [4.69, 9.17) is 14.6 Å². The van der Waals surface area contributed by atoms with Gasteiger partial charge in [-0.3, -0.25) is 9.69 Å². The van der Waals surface area contributed by atoms with Crippen molar-refractivity contribution in [1.29, 1.82) is 0 Å². The standard InChI is InChI=1S/C14H19NO4/c1-4-5-15(10-14(16)17)9-11-6-12(18-2)8-13(7-11)19-3/h4,6-8H,1,5,9-10H2,2-3H3,(H,16,17). The number of hydrogen-bond donors (Lipinski definition) is 1. The van der Waals surface area contributed by atoms with Crippen molar-refractivity contribution in [2.45, 2.75) is 6.54 Å². The summed E-state index contributed by atoms with van der Waals surface area (Å²) in [6.45, 7) is 4.59. The van der Waals surface area contributed by atoms with Crippen molar-refractivity contribution in [3.63, 3.8) is 0 Å². The number of nitrogens with zero attached hydrogens (tertiary/aromatic N) is 1. The highest BCUT2D eigenvalue weighted by molar-refractivity contribution is 5.69. The van der Waals surface area contributed by atoms with Gasteiger partial charge in [0.1, 0.15) is 11.5 Å². The molecule has 1 rings (SSSR count). The summed E-state index contributed by atoms with van der Waals surface area (Å²) in [5, 5.41) is 8.86. The van der Waals surface area contributed by atoms with Gasteiger partial charge in [0.2, 0.25) is 0 Å². The first-order valence-electron chi connectivity index (χ1n) is 5.86. The fourth-order valence-corrected chi connectivity index (χ4v) is 1.77. The Hall–Kier alpha value is -2.01. The highest BCUT2D eigenvalue weighted by Gasteiger charge is 2.10. The van der Waals surface area contributed by atoms with Crippen molar-refractivity contribution < 1.29 is 19.4 Å². The fraction of sp³-hybridized carbons (Fsp3) is 0.357. The molecule has 0 radical (unpaired) electrons. The van der Waals surface area contributed by atoms with Crippen molar-refractivity contribution >= 4 is 5.97 Å². The SMILES string of the molecule is C=CCN(CC(=O)O)Cc1cc(OC)cc(OC)c1. The summed E-state index contributed by atoms with van der Waals surface area (Å²) in [6.07, 6.45) is 1.68. The molecular weight excluding hydrogens is 246 g/mol. The third-order valence-electron chi connectivity index (χ3n) is 2.56. The van der Waals surface area contributed by atoms with E-state index in [2.05, 4.69) is 6.58 Å². The van der Waals surface area contributed by atoms with Crippen LogP contribution in [0.5, 0.6) is 11.5 Å². The molecule has 0 spiro atoms. The van der Waals surface area contributed by atoms with Crippen LogP contribution in [0.3, 0.4) is 0 Å². The van der Waals surface area contributed by atoms with Gasteiger partial charge in [-0.15, -0.1) is 6.58 Å². The van der Waals surface area contributed by atoms with E-state index in [-0.39, 0.29) is 6.54 Å². The Morgan fingerprint density at radius 1 is 1.32 bits per heavy atom. The van der Waals surface area contributed by atoms with Crippen molar-refractivity contribution in [2.75, 3.05) is 27.3 Å². The van der Waals surface area contributed by atoms with Gasteiger partial charge in [0.05, 0.1) is 20.8 Å². The lowest BCUT2D eigenvalue weighted by atomic mass is 10.2. The lowest BCUT2D eigenvalue weighted by molar-refractivity contribution is -0.138. The summed E-state index contributed by atoms with van der Waals surface area (Å²) in [6, 6.07) is 5.50. The Kier molecular flexibility index (Phi) is 5.89. The van der Waals surface area contributed by atoms with E-state index in [0.717, 1.165) is 5.56 Å². The van der Waals surface area contributed by atoms with Crippen LogP contribution in [0.4, 0.5) is 0 Å². The molecule has 0 aliphatic carbocycles. The summed E-state index contributed by atoms with van der Waals surface area (Å²) >= 11 is 0. The molecule has 0 heterocycles. The first-order valence-corrected chi connectivity index (χ1v) is 5.86. The number of hydrogen-bond acceptors (Lipinski definition) is 4. The van der Waals surface area contributed by atoms with Crippen molar-refractivity contribution in [2.24, 2.45) is 0 Å². The second-order valence-corrected chi connectivity index (χ2v) is 4.07. The highest BCUT2D eigenvalue weighted by atomic mass is 16.5. The quantitative estimate of drug-likeness (QED) is 0.726. The molecule has 0 aliphatic heterocycles. The molecule has 0 amide bonds. The zero-order valence-corrected chi connectivity index (χ0v) is 11.3. The monoisotopic (exact) mass is 265 g/mol. The third kappa shape index (κ3) is 5.01. The molecule has 0 fully saturated rings. The van der Waals surface area contributed by atoms with Gasteiger partial charge in [-0.2, -0.15) is 0 Å². The minimum atomic E-state index is -0.864. The molecule has 1 aromatic rings. The van der Waals surface area contributed by atoms with E-state index >= 15 is 0 Å². The van der Waals surface area contributed by atoms with Crippen LogP contribution >= 0.6 is 0 Å². The number of carboxylic acid groups (broad SMARTS) is 1. The van der Waals surface area contributed by atoms with Crippen LogP contribution < -0.4 is 9.47 Å². The molecule has 19 heavy (non-hydrogen) atoms. The molecule has 0 saturated heterocycles. The zero-order valence-electron chi connectivity index (χ0n) is 11.3. The number of methoxy groups -OCH3 is 2. The molecule has 104 valence electrons. The van der Waals surface area contributed by atoms with E-state index in [1.54, 1.807) is 31.3 Å². The largest absolute Gasteiger partial charge is 0.497 e. The van der Waals surface area contributed by atoms with E-state index < -0.39 is 5.97 Å². The van der Waals surface area contributed by atoms with Gasteiger partial charge in [0.25, 0.3) is 0 Å². The molecule has 0 unspecified atom stereocenters. The van der Waals surface area contributed by atoms with Crippen molar-refractivity contribution in [3.8, 4) is 11.5 Å². The number of carbonyl (C=O) groups is 1. The van der Waals surface area contributed by atoms with E-state index in [1.807, 2.05) is 12.1 Å². The van der Waals surface area contributed by atoms with Gasteiger partial charge in [0.15, 0.2) is 0 Å². The Bertz CT molecular complexity index is 423. The maximum atomic E-state index is 10.8. The second kappa shape index (κ2) is 7.43. The number of rotatable bonds is 8. The lowest BCUT2D eigenvalue weighted by Gasteiger charge is -2.19. The van der Waals surface area contributed by atoms with Crippen LogP contribution in [-0.2, 0) is 11.3 Å². The first-order chi connectivity index (χ1) is 9.08. The Labute approximate surface area is 113 Å². The van der Waals surface area contributed by atoms with Crippen molar-refractivity contribution in [3.05, 3.63) is 36.4 Å². The Balaban J connectivity index is 2.87. The van der Waals surface area contributed by atoms with Gasteiger partial charge in [-0.05, 0) is 17.7 Å². The molecule has 5 nitrogen and oxygen atoms in total. The Morgan fingerprint density at radius 3 is 2.32 bits per heavy atom. The molecule has 5 heteroatoms. The first kappa shape index (κ1) is 15.0. The number of carboxylic acids is 1. The molecule has 0 atom stereocenters. The number of ether oxygens (including phenoxy) is 2. The number of benzene rings is 1. The topological polar surface area (TPSA) is 59.0 Å². The van der Waals surface area contributed by atoms with Crippen LogP contribution in [0.25, 0.3) is 0 Å². The lowest BCUT2D eigenvalue weighted by Crippen LogP contribution is -2.29. The van der Waals surface area contributed by atoms with Crippen LogP contribution in [-0.4, -0.2) is 43.3 Å². The van der Waals surface area contributed by atoms with E-state index in [9.17, 15) is 4.79 Å². The summed E-state index contributed by atoms with van der Waals surface area (Å²) in [7, 11) is 3.16. The molecule has 1 aromatic carbocycles. The van der Waals surface area contributed by atoms with Gasteiger partial charge < -0.3 is 14.6 Å². The molecule has 0 aliphatic rings. The van der Waals surface area contributed by atoms with Gasteiger partial charge in [0, 0.05) is 19.2 Å². The van der Waals surface area contributed by atoms with Crippen LogP contribution in [0.2, 0.25) is 0 Å². The maximum absolute atomic E-state index is 10.8. The Morgan fingerprint density at radius 2 is 1.89 bits per heavy atom. The number of aliphatic carboxylic acids is 1. The molecular formula is C14H19NO4. The second-order valence-electron chi connectivity index (χ2n) is 4.07. The van der Waals surface area contributed by atoms with Crippen molar-refractivity contribution in [1.82, 2.24) is 4.90 Å². The average Bonchev–Trinajstić information content (AvgIpc) is 2.37. The summed E-state index contributed by atoms with van der Waals surface area (Å²) in [5.74, 6) is 0.503. The van der Waals surface area contributed by atoms with E-state index in [1.165, 1.54) is 0 Å². The fourth-order valence-electron chi connectivity index (χ4n) is 1.77. The summed E-state index contributed by atoms with van der Waals surface area (Å²) in [4.78, 5) is 12.6. The average molecular weight is 265 g/mol. The summed E-state index contributed by atoms with van der Waals surface area (Å²) in [5.41, 5.74) is 0.930. The van der Waals surface area contributed by atoms with Gasteiger partial charge in [-0.1, -0.05) is 6.08 Å². The van der Waals surface area contributed by atoms with Crippen LogP contribution in [0.1, 0.15) is 5.56 Å². The highest BCUT2D eigenvalue weighted by Crippen LogP contribution is 2.23. The predicted molar refractivity (Wildman–Crippen MR) is 72.7 cm³/mol. The van der Waals surface area contributed by atoms with Crippen LogP contribution in [0, 0.1) is 0 Å². The van der Waals surface area contributed by atoms with E-state index in [0.29, 0.717) is 24.6 Å². The summed E-state index contributed by atoms with van der Waals surface area (Å²) < 4.78 is 10.4. The predicted octanol–water partition coefficient (Wildman–Crippen LogP) is 1.78. The maximum Gasteiger partial charge on any atom is 0.317 e. The minimum absolute atomic E-state index is 0.0362. The molecule has 0 aromatic heterocycles. The third-order valence-corrected chi connectivity index (χ3v) is 2.56. The van der Waals surface area contributed by atoms with Gasteiger partial charge >= 0.3 is 5.97 Å². The zero-order chi connectivity index (χ0) is 14.3. The normalized spacial score (nSPS) is 10.3. The van der Waals surface area contributed by atoms with Crippen LogP contribution in [0.15, 0.2) is 30.9 Å². The molecule has 0 saturated carbocycles. The molecule has 0 bridgehead atoms. The van der Waals surface area contributed by atoms with Gasteiger partial charge in [-0.25, -0.2) is 0 Å². The molecule has 1 N–H and O–H groups in total. The minimum Gasteiger partial charge on any atom is -0.497 e.